The van der Waals surface area contributed by atoms with Crippen LogP contribution in [0.1, 0.15) is 51.9 Å². The smallest absolute Gasteiger partial charge is 0.305 e. The molecule has 0 atom stereocenters. The van der Waals surface area contributed by atoms with Gasteiger partial charge in [0.2, 0.25) is 0 Å². The molecule has 0 spiro atoms. The summed E-state index contributed by atoms with van der Waals surface area (Å²) in [6.07, 6.45) is 7.96. The third-order valence-electron chi connectivity index (χ3n) is 2.59. The van der Waals surface area contributed by atoms with Gasteiger partial charge in [-0.3, -0.25) is 4.79 Å². The van der Waals surface area contributed by atoms with E-state index in [-0.39, 0.29) is 6.42 Å². The first-order valence-electron chi connectivity index (χ1n) is 6.77. The van der Waals surface area contributed by atoms with Crippen molar-refractivity contribution < 1.29 is 14.6 Å². The Bertz CT molecular complexity index is 174. The molecule has 102 valence electrons. The molecule has 0 rings (SSSR count). The van der Waals surface area contributed by atoms with Gasteiger partial charge in [-0.15, -0.1) is 0 Å². The molecule has 0 aliphatic rings. The van der Waals surface area contributed by atoms with Crippen molar-refractivity contribution in [1.82, 2.24) is 5.32 Å². The molecule has 0 bridgehead atoms. The van der Waals surface area contributed by atoms with E-state index in [1.165, 1.54) is 38.5 Å². The van der Waals surface area contributed by atoms with Crippen LogP contribution in [-0.2, 0) is 9.53 Å². The molecule has 0 radical (unpaired) electrons. The molecule has 0 amide bonds. The Morgan fingerprint density at radius 2 is 1.76 bits per heavy atom. The Hall–Kier alpha value is -0.610. The molecule has 0 saturated carbocycles. The molecule has 0 fully saturated rings. The van der Waals surface area contributed by atoms with Gasteiger partial charge in [0.1, 0.15) is 0 Å². The fourth-order valence-electron chi connectivity index (χ4n) is 1.56. The molecule has 2 N–H and O–H groups in total. The average Bonchev–Trinajstić information content (AvgIpc) is 2.30. The molecule has 0 unspecified atom stereocenters. The average molecular weight is 245 g/mol. The lowest BCUT2D eigenvalue weighted by Gasteiger charge is -2.05. The molecule has 0 aliphatic carbocycles. The van der Waals surface area contributed by atoms with Crippen molar-refractivity contribution in [2.45, 2.75) is 51.9 Å². The van der Waals surface area contributed by atoms with Crippen LogP contribution in [0.25, 0.3) is 0 Å². The summed E-state index contributed by atoms with van der Waals surface area (Å²) in [6.45, 7) is 4.99. The van der Waals surface area contributed by atoms with Gasteiger partial charge in [-0.1, -0.05) is 39.0 Å². The van der Waals surface area contributed by atoms with Crippen LogP contribution >= 0.6 is 0 Å². The zero-order valence-electron chi connectivity index (χ0n) is 11.0. The third kappa shape index (κ3) is 15.4. The maximum atomic E-state index is 10.2. The van der Waals surface area contributed by atoms with Gasteiger partial charge in [-0.25, -0.2) is 0 Å². The van der Waals surface area contributed by atoms with Gasteiger partial charge in [-0.05, 0) is 13.0 Å². The lowest BCUT2D eigenvalue weighted by Crippen LogP contribution is -2.21. The second kappa shape index (κ2) is 13.5. The number of aliphatic carboxylic acids is 1. The minimum absolute atomic E-state index is 0.0947. The van der Waals surface area contributed by atoms with Crippen LogP contribution in [-0.4, -0.2) is 37.4 Å². The van der Waals surface area contributed by atoms with Crippen molar-refractivity contribution in [1.29, 1.82) is 0 Å². The monoisotopic (exact) mass is 245 g/mol. The van der Waals surface area contributed by atoms with Gasteiger partial charge >= 0.3 is 5.97 Å². The van der Waals surface area contributed by atoms with Crippen molar-refractivity contribution in [3.05, 3.63) is 0 Å². The van der Waals surface area contributed by atoms with E-state index in [1.54, 1.807) is 0 Å². The lowest BCUT2D eigenvalue weighted by atomic mass is 10.1. The topological polar surface area (TPSA) is 58.6 Å². The third-order valence-corrected chi connectivity index (χ3v) is 2.59. The second-order valence-electron chi connectivity index (χ2n) is 4.27. The van der Waals surface area contributed by atoms with Gasteiger partial charge in [0.15, 0.2) is 0 Å². The van der Waals surface area contributed by atoms with Crippen LogP contribution in [0.15, 0.2) is 0 Å². The number of unbranched alkanes of at least 4 members (excludes halogenated alkanes) is 5. The molecule has 17 heavy (non-hydrogen) atoms. The number of rotatable bonds is 13. The van der Waals surface area contributed by atoms with E-state index in [9.17, 15) is 4.79 Å². The summed E-state index contributed by atoms with van der Waals surface area (Å²) in [5, 5.41) is 11.7. The molecule has 0 aliphatic heterocycles. The Morgan fingerprint density at radius 3 is 2.47 bits per heavy atom. The van der Waals surface area contributed by atoms with Crippen molar-refractivity contribution >= 4 is 5.97 Å². The molecule has 0 heterocycles. The standard InChI is InChI=1S/C13H27NO3/c1-2-3-4-5-6-7-9-14-10-12-17-11-8-13(15)16/h14H,2-12H2,1H3,(H,15,16). The van der Waals surface area contributed by atoms with Gasteiger partial charge < -0.3 is 15.2 Å². The van der Waals surface area contributed by atoms with E-state index in [4.69, 9.17) is 9.84 Å². The molecule has 0 aromatic heterocycles. The van der Waals surface area contributed by atoms with Crippen molar-refractivity contribution in [2.75, 3.05) is 26.3 Å². The summed E-state index contributed by atoms with van der Waals surface area (Å²) in [6, 6.07) is 0. The first kappa shape index (κ1) is 16.4. The second-order valence-corrected chi connectivity index (χ2v) is 4.27. The fourth-order valence-corrected chi connectivity index (χ4v) is 1.56. The number of carboxylic acid groups (broad SMARTS) is 1. The van der Waals surface area contributed by atoms with Crippen LogP contribution in [0.4, 0.5) is 0 Å². The van der Waals surface area contributed by atoms with E-state index in [0.29, 0.717) is 13.2 Å². The zero-order valence-corrected chi connectivity index (χ0v) is 11.0. The molecule has 4 nitrogen and oxygen atoms in total. The Labute approximate surface area is 105 Å². The molecular formula is C13H27NO3. The molecule has 4 heteroatoms. The van der Waals surface area contributed by atoms with Gasteiger partial charge in [0.05, 0.1) is 19.6 Å². The van der Waals surface area contributed by atoms with E-state index in [1.807, 2.05) is 0 Å². The SMILES string of the molecule is CCCCCCCCNCCOCCC(=O)O. The van der Waals surface area contributed by atoms with Crippen LogP contribution in [0, 0.1) is 0 Å². The number of hydrogen-bond donors (Lipinski definition) is 2. The zero-order chi connectivity index (χ0) is 12.8. The highest BCUT2D eigenvalue weighted by Crippen LogP contribution is 2.03. The summed E-state index contributed by atoms with van der Waals surface area (Å²) in [4.78, 5) is 10.2. The van der Waals surface area contributed by atoms with Crippen LogP contribution in [0.3, 0.4) is 0 Å². The minimum atomic E-state index is -0.801. The van der Waals surface area contributed by atoms with E-state index in [2.05, 4.69) is 12.2 Å². The first-order valence-corrected chi connectivity index (χ1v) is 6.77. The summed E-state index contributed by atoms with van der Waals surface area (Å²) < 4.78 is 5.16. The molecule has 0 aromatic rings. The summed E-state index contributed by atoms with van der Waals surface area (Å²) in [7, 11) is 0. The highest BCUT2D eigenvalue weighted by Gasteiger charge is 1.95. The van der Waals surface area contributed by atoms with Crippen LogP contribution in [0.5, 0.6) is 0 Å². The quantitative estimate of drug-likeness (QED) is 0.489. The Balaban J connectivity index is 2.91. The summed E-state index contributed by atoms with van der Waals surface area (Å²) in [5.41, 5.74) is 0. The number of carboxylic acids is 1. The number of ether oxygens (including phenoxy) is 1. The molecular weight excluding hydrogens is 218 g/mol. The summed E-state index contributed by atoms with van der Waals surface area (Å²) in [5.74, 6) is -0.801. The molecule has 0 saturated heterocycles. The normalized spacial score (nSPS) is 10.6. The molecule has 0 aromatic carbocycles. The van der Waals surface area contributed by atoms with Crippen molar-refractivity contribution in [3.8, 4) is 0 Å². The first-order chi connectivity index (χ1) is 8.27. The maximum Gasteiger partial charge on any atom is 0.305 e. The van der Waals surface area contributed by atoms with Gasteiger partial charge in [0.25, 0.3) is 0 Å². The minimum Gasteiger partial charge on any atom is -0.481 e. The number of nitrogens with one attached hydrogen (secondary N) is 1. The van der Waals surface area contributed by atoms with E-state index in [0.717, 1.165) is 13.1 Å². The predicted molar refractivity (Wildman–Crippen MR) is 69.3 cm³/mol. The van der Waals surface area contributed by atoms with Crippen LogP contribution in [0.2, 0.25) is 0 Å². The highest BCUT2D eigenvalue weighted by atomic mass is 16.5. The van der Waals surface area contributed by atoms with Crippen LogP contribution < -0.4 is 5.32 Å². The highest BCUT2D eigenvalue weighted by molar-refractivity contribution is 5.66. The van der Waals surface area contributed by atoms with Gasteiger partial charge in [0, 0.05) is 6.54 Å². The number of hydrogen-bond acceptors (Lipinski definition) is 3. The van der Waals surface area contributed by atoms with Crippen molar-refractivity contribution in [2.24, 2.45) is 0 Å². The van der Waals surface area contributed by atoms with Crippen molar-refractivity contribution in [3.63, 3.8) is 0 Å². The summed E-state index contributed by atoms with van der Waals surface area (Å²) >= 11 is 0. The predicted octanol–water partition coefficient (Wildman–Crippen LogP) is 2.43. The Kier molecular flexibility index (Phi) is 13.0. The van der Waals surface area contributed by atoms with Gasteiger partial charge in [-0.2, -0.15) is 0 Å². The maximum absolute atomic E-state index is 10.2. The number of carbonyl (C=O) groups is 1. The van der Waals surface area contributed by atoms with E-state index < -0.39 is 5.97 Å². The van der Waals surface area contributed by atoms with E-state index >= 15 is 0 Å². The lowest BCUT2D eigenvalue weighted by molar-refractivity contribution is -0.138. The Morgan fingerprint density at radius 1 is 1.06 bits per heavy atom. The fraction of sp³-hybridized carbons (Fsp3) is 0.923. The largest absolute Gasteiger partial charge is 0.481 e.